The number of phenols is 1. The molecule has 0 aromatic heterocycles. The third-order valence-electron chi connectivity index (χ3n) is 10.6. The van der Waals surface area contributed by atoms with E-state index < -0.39 is 52.6 Å². The molecular formula is C36H32ClFN2O5. The minimum absolute atomic E-state index is 0.100. The highest BCUT2D eigenvalue weighted by Gasteiger charge is 2.67. The molecule has 6 unspecified atom stereocenters. The molecule has 0 spiro atoms. The van der Waals surface area contributed by atoms with Crippen molar-refractivity contribution in [3.63, 3.8) is 0 Å². The molecule has 1 saturated carbocycles. The number of allylic oxidation sites excluding steroid dienone is 2. The number of aromatic hydroxyl groups is 1. The molecule has 45 heavy (non-hydrogen) atoms. The van der Waals surface area contributed by atoms with Crippen molar-refractivity contribution < 1.29 is 28.7 Å². The number of fused-ring (bicyclic) bond motifs is 4. The van der Waals surface area contributed by atoms with E-state index in [2.05, 4.69) is 0 Å². The molecule has 4 amide bonds. The van der Waals surface area contributed by atoms with Gasteiger partial charge < -0.3 is 5.11 Å². The standard InChI is InChI=1S/C36H32ClFN2O5/c1-4-19-5-8-21(9-6-19)39-32(42)24-12-11-23-25(30(24)34(39)44)17-26-33(43)40(22-10-13-28(38)27(37)16-22)35(45)36(26,3)31(23)20-7-14-29(41)18(2)15-20/h5-11,13-16,24-26,30-31,41H,4,12,17H2,1-3H3. The highest BCUT2D eigenvalue weighted by atomic mass is 35.5. The minimum atomic E-state index is -1.25. The molecule has 3 aromatic rings. The summed E-state index contributed by atoms with van der Waals surface area (Å²) in [6, 6.07) is 16.3. The zero-order valence-electron chi connectivity index (χ0n) is 25.1. The van der Waals surface area contributed by atoms with E-state index in [9.17, 15) is 28.7 Å². The molecule has 3 fully saturated rings. The van der Waals surface area contributed by atoms with E-state index in [0.717, 1.165) is 34.1 Å². The largest absolute Gasteiger partial charge is 0.508 e. The van der Waals surface area contributed by atoms with Crippen LogP contribution in [-0.4, -0.2) is 28.7 Å². The number of phenolic OH excluding ortho intramolecular Hbond substituents is 1. The van der Waals surface area contributed by atoms with E-state index in [1.165, 1.54) is 17.0 Å². The van der Waals surface area contributed by atoms with E-state index in [4.69, 9.17) is 11.6 Å². The monoisotopic (exact) mass is 626 g/mol. The fraction of sp³-hybridized carbons (Fsp3) is 0.333. The smallest absolute Gasteiger partial charge is 0.241 e. The second-order valence-electron chi connectivity index (χ2n) is 12.8. The molecule has 230 valence electrons. The molecule has 6 atom stereocenters. The third-order valence-corrected chi connectivity index (χ3v) is 10.9. The number of rotatable bonds is 4. The van der Waals surface area contributed by atoms with Gasteiger partial charge in [0.25, 0.3) is 0 Å². The van der Waals surface area contributed by atoms with Gasteiger partial charge in [-0.2, -0.15) is 0 Å². The van der Waals surface area contributed by atoms with Crippen LogP contribution in [0.4, 0.5) is 15.8 Å². The highest BCUT2D eigenvalue weighted by molar-refractivity contribution is 6.32. The number of imide groups is 2. The topological polar surface area (TPSA) is 95.0 Å². The van der Waals surface area contributed by atoms with Gasteiger partial charge >= 0.3 is 0 Å². The average molecular weight is 627 g/mol. The van der Waals surface area contributed by atoms with Crippen LogP contribution in [0.1, 0.15) is 49.3 Å². The lowest BCUT2D eigenvalue weighted by atomic mass is 9.51. The van der Waals surface area contributed by atoms with Crippen LogP contribution in [0.15, 0.2) is 72.3 Å². The van der Waals surface area contributed by atoms with Crippen molar-refractivity contribution in [3.8, 4) is 5.75 Å². The quantitative estimate of drug-likeness (QED) is 0.264. The summed E-state index contributed by atoms with van der Waals surface area (Å²) in [5, 5.41) is 10.1. The van der Waals surface area contributed by atoms with E-state index >= 15 is 0 Å². The lowest BCUT2D eigenvalue weighted by molar-refractivity contribution is -0.131. The molecule has 2 saturated heterocycles. The normalized spacial score (nSPS) is 29.1. The summed E-state index contributed by atoms with van der Waals surface area (Å²) in [7, 11) is 0. The number of halogens is 2. The number of hydrogen-bond acceptors (Lipinski definition) is 5. The second-order valence-corrected chi connectivity index (χ2v) is 13.2. The summed E-state index contributed by atoms with van der Waals surface area (Å²) in [4.78, 5) is 59.1. The molecule has 1 N–H and O–H groups in total. The number of carbonyl (C=O) groups is 4. The SMILES string of the molecule is CCc1ccc(N2C(=O)C3CC=C4C(CC5C(=O)N(c6ccc(F)c(Cl)c6)C(=O)C5(C)C4c4ccc(O)c(C)c4)C3C2=O)cc1. The number of nitrogens with zero attached hydrogens (tertiary/aromatic N) is 2. The van der Waals surface area contributed by atoms with Crippen molar-refractivity contribution >= 4 is 46.6 Å². The maximum Gasteiger partial charge on any atom is 0.241 e. The van der Waals surface area contributed by atoms with Crippen LogP contribution in [0.3, 0.4) is 0 Å². The van der Waals surface area contributed by atoms with Gasteiger partial charge in [0.1, 0.15) is 11.6 Å². The van der Waals surface area contributed by atoms with E-state index in [1.807, 2.05) is 31.2 Å². The van der Waals surface area contributed by atoms with Gasteiger partial charge in [-0.1, -0.05) is 54.4 Å². The molecule has 0 radical (unpaired) electrons. The molecular weight excluding hydrogens is 595 g/mol. The lowest BCUT2D eigenvalue weighted by Gasteiger charge is -2.49. The summed E-state index contributed by atoms with van der Waals surface area (Å²) < 4.78 is 14.1. The Bertz CT molecular complexity index is 1840. The Morgan fingerprint density at radius 1 is 0.911 bits per heavy atom. The summed E-state index contributed by atoms with van der Waals surface area (Å²) in [6.45, 7) is 5.58. The summed E-state index contributed by atoms with van der Waals surface area (Å²) in [5.74, 6) is -5.18. The van der Waals surface area contributed by atoms with Crippen molar-refractivity contribution in [2.75, 3.05) is 9.80 Å². The predicted molar refractivity (Wildman–Crippen MR) is 167 cm³/mol. The van der Waals surface area contributed by atoms with Crippen molar-refractivity contribution in [1.29, 1.82) is 0 Å². The first kappa shape index (κ1) is 29.4. The highest BCUT2D eigenvalue weighted by Crippen LogP contribution is 2.64. The molecule has 7 nitrogen and oxygen atoms in total. The Kier molecular flexibility index (Phi) is 6.78. The van der Waals surface area contributed by atoms with Gasteiger partial charge in [-0.3, -0.25) is 24.1 Å². The Hall–Kier alpha value is -4.30. The summed E-state index contributed by atoms with van der Waals surface area (Å²) in [6.07, 6.45) is 3.35. The maximum atomic E-state index is 14.5. The van der Waals surface area contributed by atoms with Crippen molar-refractivity contribution in [2.24, 2.45) is 29.1 Å². The number of aryl methyl sites for hydroxylation is 2. The predicted octanol–water partition coefficient (Wildman–Crippen LogP) is 6.49. The molecule has 4 aliphatic rings. The molecule has 9 heteroatoms. The van der Waals surface area contributed by atoms with E-state index in [0.29, 0.717) is 17.7 Å². The van der Waals surface area contributed by atoms with Gasteiger partial charge in [-0.25, -0.2) is 9.29 Å². The molecule has 2 heterocycles. The zero-order chi connectivity index (χ0) is 31.9. The van der Waals surface area contributed by atoms with Crippen molar-refractivity contribution in [3.05, 3.63) is 99.8 Å². The van der Waals surface area contributed by atoms with Crippen LogP contribution in [-0.2, 0) is 25.6 Å². The number of anilines is 2. The summed E-state index contributed by atoms with van der Waals surface area (Å²) >= 11 is 6.07. The molecule has 2 aliphatic heterocycles. The fourth-order valence-corrected chi connectivity index (χ4v) is 8.43. The Balaban J connectivity index is 1.35. The Morgan fingerprint density at radius 2 is 1.62 bits per heavy atom. The first-order valence-corrected chi connectivity index (χ1v) is 15.6. The molecule has 2 aliphatic carbocycles. The number of benzene rings is 3. The van der Waals surface area contributed by atoms with E-state index in [1.54, 1.807) is 38.1 Å². The number of hydrogen-bond donors (Lipinski definition) is 1. The second kappa shape index (κ2) is 10.4. The van der Waals surface area contributed by atoms with E-state index in [-0.39, 0.29) is 34.7 Å². The van der Waals surface area contributed by atoms with Crippen LogP contribution in [0.25, 0.3) is 0 Å². The van der Waals surface area contributed by atoms with Crippen LogP contribution >= 0.6 is 11.6 Å². The van der Waals surface area contributed by atoms with Gasteiger partial charge in [0.05, 0.1) is 39.6 Å². The number of amides is 4. The fourth-order valence-electron chi connectivity index (χ4n) is 8.26. The van der Waals surface area contributed by atoms with Crippen LogP contribution in [0.5, 0.6) is 5.75 Å². The minimum Gasteiger partial charge on any atom is -0.508 e. The first-order chi connectivity index (χ1) is 21.5. The van der Waals surface area contributed by atoms with Crippen LogP contribution in [0.2, 0.25) is 5.02 Å². The Morgan fingerprint density at radius 3 is 2.29 bits per heavy atom. The first-order valence-electron chi connectivity index (χ1n) is 15.3. The van der Waals surface area contributed by atoms with Crippen LogP contribution < -0.4 is 9.80 Å². The average Bonchev–Trinajstić information content (AvgIpc) is 3.39. The third kappa shape index (κ3) is 4.14. The molecule has 7 rings (SSSR count). The van der Waals surface area contributed by atoms with Gasteiger partial charge in [-0.15, -0.1) is 0 Å². The lowest BCUT2D eigenvalue weighted by Crippen LogP contribution is -2.48. The maximum absolute atomic E-state index is 14.5. The number of carbonyl (C=O) groups excluding carboxylic acids is 4. The van der Waals surface area contributed by atoms with Crippen molar-refractivity contribution in [2.45, 2.75) is 46.0 Å². The van der Waals surface area contributed by atoms with Gasteiger partial charge in [0.15, 0.2) is 0 Å². The zero-order valence-corrected chi connectivity index (χ0v) is 25.8. The molecule has 3 aromatic carbocycles. The van der Waals surface area contributed by atoms with Gasteiger partial charge in [-0.05, 0) is 92.1 Å². The van der Waals surface area contributed by atoms with Gasteiger partial charge in [0.2, 0.25) is 23.6 Å². The summed E-state index contributed by atoms with van der Waals surface area (Å²) in [5.41, 5.74) is 2.73. The van der Waals surface area contributed by atoms with Gasteiger partial charge in [0, 0.05) is 5.92 Å². The van der Waals surface area contributed by atoms with Crippen LogP contribution in [0, 0.1) is 41.8 Å². The Labute approximate surface area is 265 Å². The molecule has 0 bridgehead atoms. The van der Waals surface area contributed by atoms with Crippen molar-refractivity contribution in [1.82, 2.24) is 0 Å².